The molecule has 2 aromatic carbocycles. The zero-order valence-corrected chi connectivity index (χ0v) is 18.8. The Hall–Kier alpha value is -1.65. The van der Waals surface area contributed by atoms with Gasteiger partial charge in [0.1, 0.15) is 0 Å². The van der Waals surface area contributed by atoms with Crippen molar-refractivity contribution in [3.63, 3.8) is 0 Å². The van der Waals surface area contributed by atoms with Gasteiger partial charge in [-0.3, -0.25) is 4.99 Å². The fourth-order valence-electron chi connectivity index (χ4n) is 2.36. The molecule has 0 saturated carbocycles. The van der Waals surface area contributed by atoms with Crippen LogP contribution in [0, 0.1) is 6.92 Å². The molecule has 0 unspecified atom stereocenters. The van der Waals surface area contributed by atoms with Crippen molar-refractivity contribution in [1.29, 1.82) is 0 Å². The highest BCUT2D eigenvalue weighted by atomic mass is 127. The van der Waals surface area contributed by atoms with E-state index in [1.165, 1.54) is 5.56 Å². The van der Waals surface area contributed by atoms with Crippen LogP contribution in [0.4, 0.5) is 0 Å². The lowest BCUT2D eigenvalue weighted by Crippen LogP contribution is -2.42. The Morgan fingerprint density at radius 2 is 1.56 bits per heavy atom. The summed E-state index contributed by atoms with van der Waals surface area (Å²) in [4.78, 5) is 4.41. The molecule has 0 aromatic heterocycles. The Morgan fingerprint density at radius 3 is 2.19 bits per heavy atom. The van der Waals surface area contributed by atoms with E-state index in [-0.39, 0.29) is 35.4 Å². The van der Waals surface area contributed by atoms with Gasteiger partial charge in [0.25, 0.3) is 0 Å². The molecule has 0 amide bonds. The second-order valence-corrected chi connectivity index (χ2v) is 7.64. The van der Waals surface area contributed by atoms with Gasteiger partial charge in [-0.05, 0) is 31.0 Å². The quantitative estimate of drug-likeness (QED) is 0.224. The first kappa shape index (κ1) is 23.4. The lowest BCUT2D eigenvalue weighted by atomic mass is 10.1. The third-order valence-electron chi connectivity index (χ3n) is 3.81. The smallest absolute Gasteiger partial charge is 0.240 e. The predicted octanol–water partition coefficient (Wildman–Crippen LogP) is 2.30. The number of halogens is 1. The molecule has 0 bridgehead atoms. The maximum absolute atomic E-state index is 12.2. The van der Waals surface area contributed by atoms with E-state index in [1.807, 2.05) is 25.1 Å². The number of guanidine groups is 1. The summed E-state index contributed by atoms with van der Waals surface area (Å²) in [6, 6.07) is 17.0. The average Bonchev–Trinajstić information content (AvgIpc) is 2.65. The molecule has 0 fully saturated rings. The van der Waals surface area contributed by atoms with Crippen molar-refractivity contribution in [2.75, 3.05) is 26.7 Å². The van der Waals surface area contributed by atoms with Crippen LogP contribution in [0.2, 0.25) is 0 Å². The molecule has 148 valence electrons. The topological polar surface area (TPSA) is 82.6 Å². The van der Waals surface area contributed by atoms with Gasteiger partial charge >= 0.3 is 0 Å². The molecule has 0 aliphatic carbocycles. The number of benzene rings is 2. The summed E-state index contributed by atoms with van der Waals surface area (Å²) in [5, 5.41) is 6.32. The Morgan fingerprint density at radius 1 is 0.926 bits per heavy atom. The van der Waals surface area contributed by atoms with Crippen molar-refractivity contribution in [3.05, 3.63) is 65.7 Å². The monoisotopic (exact) mass is 502 g/mol. The van der Waals surface area contributed by atoms with Crippen molar-refractivity contribution >= 4 is 40.0 Å². The van der Waals surface area contributed by atoms with Gasteiger partial charge in [-0.15, -0.1) is 24.0 Å². The van der Waals surface area contributed by atoms with E-state index in [2.05, 4.69) is 32.5 Å². The van der Waals surface area contributed by atoms with Crippen LogP contribution in [-0.4, -0.2) is 41.1 Å². The van der Waals surface area contributed by atoms with E-state index in [9.17, 15) is 8.42 Å². The molecular weight excluding hydrogens is 475 g/mol. The summed E-state index contributed by atoms with van der Waals surface area (Å²) in [5.74, 6) is 0.649. The summed E-state index contributed by atoms with van der Waals surface area (Å²) >= 11 is 0. The third-order valence-corrected chi connectivity index (χ3v) is 5.29. The molecule has 6 nitrogen and oxygen atoms in total. The lowest BCUT2D eigenvalue weighted by molar-refractivity contribution is 0.580. The minimum Gasteiger partial charge on any atom is -0.356 e. The van der Waals surface area contributed by atoms with E-state index in [0.29, 0.717) is 12.5 Å². The standard InChI is InChI=1S/C19H26N4O2S.HI/c1-16-8-10-18(11-9-16)26(24,25)23-15-14-22-19(20-2)21-13-12-17-6-4-3-5-7-17;/h3-11,23H,12-15H2,1-2H3,(H2,20,21,22);1H. The van der Waals surface area contributed by atoms with Crippen LogP contribution in [0.1, 0.15) is 11.1 Å². The largest absolute Gasteiger partial charge is 0.356 e. The van der Waals surface area contributed by atoms with Gasteiger partial charge in [0.05, 0.1) is 4.90 Å². The number of hydrogen-bond donors (Lipinski definition) is 3. The molecule has 0 radical (unpaired) electrons. The highest BCUT2D eigenvalue weighted by molar-refractivity contribution is 14.0. The second kappa shape index (κ2) is 11.9. The van der Waals surface area contributed by atoms with E-state index in [4.69, 9.17) is 0 Å². The molecule has 0 atom stereocenters. The number of nitrogens with zero attached hydrogens (tertiary/aromatic N) is 1. The lowest BCUT2D eigenvalue weighted by Gasteiger charge is -2.12. The van der Waals surface area contributed by atoms with Gasteiger partial charge in [0.2, 0.25) is 10.0 Å². The zero-order valence-electron chi connectivity index (χ0n) is 15.6. The first-order valence-electron chi connectivity index (χ1n) is 8.56. The van der Waals surface area contributed by atoms with Crippen LogP contribution in [0.3, 0.4) is 0 Å². The summed E-state index contributed by atoms with van der Waals surface area (Å²) < 4.78 is 27.0. The van der Waals surface area contributed by atoms with Crippen LogP contribution in [0.25, 0.3) is 0 Å². The number of rotatable bonds is 8. The van der Waals surface area contributed by atoms with Gasteiger partial charge < -0.3 is 10.6 Å². The normalized spacial score (nSPS) is 11.6. The fourth-order valence-corrected chi connectivity index (χ4v) is 3.39. The van der Waals surface area contributed by atoms with Crippen molar-refractivity contribution in [2.24, 2.45) is 4.99 Å². The highest BCUT2D eigenvalue weighted by Gasteiger charge is 2.12. The molecule has 27 heavy (non-hydrogen) atoms. The van der Waals surface area contributed by atoms with Crippen LogP contribution < -0.4 is 15.4 Å². The van der Waals surface area contributed by atoms with Crippen molar-refractivity contribution < 1.29 is 8.42 Å². The summed E-state index contributed by atoms with van der Waals surface area (Å²) in [5.41, 5.74) is 2.28. The first-order valence-corrected chi connectivity index (χ1v) is 10.0. The minimum atomic E-state index is -3.48. The molecule has 0 saturated heterocycles. The molecule has 3 N–H and O–H groups in total. The van der Waals surface area contributed by atoms with Gasteiger partial charge in [0, 0.05) is 26.7 Å². The SMILES string of the molecule is CN=C(NCCNS(=O)(=O)c1ccc(C)cc1)NCCc1ccccc1.I. The fraction of sp³-hybridized carbons (Fsp3) is 0.316. The van der Waals surface area contributed by atoms with E-state index >= 15 is 0 Å². The third kappa shape index (κ3) is 8.27. The minimum absolute atomic E-state index is 0. The predicted molar refractivity (Wildman–Crippen MR) is 121 cm³/mol. The summed E-state index contributed by atoms with van der Waals surface area (Å²) in [6.07, 6.45) is 0.890. The molecular formula is C19H27IN4O2S. The van der Waals surface area contributed by atoms with Crippen molar-refractivity contribution in [2.45, 2.75) is 18.2 Å². The Labute approximate surface area is 178 Å². The van der Waals surface area contributed by atoms with Crippen LogP contribution in [0.5, 0.6) is 0 Å². The maximum Gasteiger partial charge on any atom is 0.240 e. The van der Waals surface area contributed by atoms with Gasteiger partial charge in [0.15, 0.2) is 5.96 Å². The van der Waals surface area contributed by atoms with Crippen LogP contribution in [0.15, 0.2) is 64.5 Å². The number of nitrogens with one attached hydrogen (secondary N) is 3. The van der Waals surface area contributed by atoms with Gasteiger partial charge in [-0.2, -0.15) is 0 Å². The number of aliphatic imine (C=N–C) groups is 1. The molecule has 0 heterocycles. The molecule has 8 heteroatoms. The average molecular weight is 502 g/mol. The Bertz CT molecular complexity index is 809. The molecule has 2 aromatic rings. The van der Waals surface area contributed by atoms with Gasteiger partial charge in [-0.25, -0.2) is 13.1 Å². The van der Waals surface area contributed by atoms with E-state index < -0.39 is 10.0 Å². The highest BCUT2D eigenvalue weighted by Crippen LogP contribution is 2.09. The van der Waals surface area contributed by atoms with Crippen LogP contribution >= 0.6 is 24.0 Å². The Balaban J connectivity index is 0.00000364. The molecule has 2 rings (SSSR count). The van der Waals surface area contributed by atoms with Crippen molar-refractivity contribution in [1.82, 2.24) is 15.4 Å². The summed E-state index contributed by atoms with van der Waals surface area (Å²) in [6.45, 7) is 3.38. The van der Waals surface area contributed by atoms with E-state index in [0.717, 1.165) is 18.5 Å². The van der Waals surface area contributed by atoms with Crippen LogP contribution in [-0.2, 0) is 16.4 Å². The van der Waals surface area contributed by atoms with Crippen molar-refractivity contribution in [3.8, 4) is 0 Å². The second-order valence-electron chi connectivity index (χ2n) is 5.87. The molecule has 0 aliphatic rings. The number of hydrogen-bond acceptors (Lipinski definition) is 3. The van der Waals surface area contributed by atoms with E-state index in [1.54, 1.807) is 31.3 Å². The van der Waals surface area contributed by atoms with Gasteiger partial charge in [-0.1, -0.05) is 48.0 Å². The summed E-state index contributed by atoms with van der Waals surface area (Å²) in [7, 11) is -1.80. The Kier molecular flexibility index (Phi) is 10.3. The first-order chi connectivity index (χ1) is 12.5. The number of sulfonamides is 1. The zero-order chi connectivity index (χ0) is 18.8. The molecule has 0 aliphatic heterocycles. The molecule has 0 spiro atoms. The maximum atomic E-state index is 12.2. The number of aryl methyl sites for hydroxylation is 1.